The molecule has 1 unspecified atom stereocenters. The van der Waals surface area contributed by atoms with E-state index in [2.05, 4.69) is 5.32 Å². The van der Waals surface area contributed by atoms with Gasteiger partial charge in [-0.3, -0.25) is 4.79 Å². The van der Waals surface area contributed by atoms with Crippen molar-refractivity contribution in [2.24, 2.45) is 5.73 Å². The predicted molar refractivity (Wildman–Crippen MR) is 68.1 cm³/mol. The molecular formula is C12H24N2O4. The first kappa shape index (κ1) is 16.7. The van der Waals surface area contributed by atoms with Gasteiger partial charge in [-0.25, -0.2) is 4.79 Å². The molecule has 0 rings (SSSR count). The molecule has 0 aromatic carbocycles. The second kappa shape index (κ2) is 7.20. The van der Waals surface area contributed by atoms with Gasteiger partial charge < -0.3 is 20.5 Å². The maximum Gasteiger partial charge on any atom is 0.408 e. The second-order valence-electron chi connectivity index (χ2n) is 5.31. The quantitative estimate of drug-likeness (QED) is 0.750. The molecule has 0 aromatic rings. The number of primary amides is 1. The van der Waals surface area contributed by atoms with Crippen LogP contribution < -0.4 is 11.1 Å². The van der Waals surface area contributed by atoms with Gasteiger partial charge in [0.1, 0.15) is 11.6 Å². The SMILES string of the molecule is CC(C)OCCC(NC(=O)OC(C)(C)C)C(N)=O. The Kier molecular flexibility index (Phi) is 6.68. The Morgan fingerprint density at radius 3 is 2.22 bits per heavy atom. The van der Waals surface area contributed by atoms with Gasteiger partial charge in [-0.05, 0) is 34.6 Å². The molecule has 0 aliphatic heterocycles. The van der Waals surface area contributed by atoms with E-state index in [1.807, 2.05) is 13.8 Å². The van der Waals surface area contributed by atoms with Crippen LogP contribution in [0.1, 0.15) is 41.0 Å². The maximum atomic E-state index is 11.5. The van der Waals surface area contributed by atoms with Gasteiger partial charge in [-0.2, -0.15) is 0 Å². The Labute approximate surface area is 108 Å². The summed E-state index contributed by atoms with van der Waals surface area (Å²) in [6.07, 6.45) is -0.261. The van der Waals surface area contributed by atoms with Gasteiger partial charge >= 0.3 is 6.09 Å². The number of hydrogen-bond acceptors (Lipinski definition) is 4. The van der Waals surface area contributed by atoms with E-state index < -0.39 is 23.6 Å². The van der Waals surface area contributed by atoms with Gasteiger partial charge in [0.05, 0.1) is 6.10 Å². The lowest BCUT2D eigenvalue weighted by Crippen LogP contribution is -2.46. The van der Waals surface area contributed by atoms with Crippen molar-refractivity contribution in [3.8, 4) is 0 Å². The molecule has 2 amide bonds. The Morgan fingerprint density at radius 2 is 1.83 bits per heavy atom. The smallest absolute Gasteiger partial charge is 0.408 e. The first-order valence-corrected chi connectivity index (χ1v) is 6.02. The summed E-state index contributed by atoms with van der Waals surface area (Å²) in [5, 5.41) is 2.43. The zero-order valence-corrected chi connectivity index (χ0v) is 11.8. The molecule has 0 heterocycles. The normalized spacial score (nSPS) is 13.2. The van der Waals surface area contributed by atoms with E-state index in [0.29, 0.717) is 13.0 Å². The lowest BCUT2D eigenvalue weighted by molar-refractivity contribution is -0.120. The zero-order valence-electron chi connectivity index (χ0n) is 11.8. The summed E-state index contributed by atoms with van der Waals surface area (Å²) in [6, 6.07) is -0.779. The fourth-order valence-electron chi connectivity index (χ4n) is 1.16. The van der Waals surface area contributed by atoms with Crippen molar-refractivity contribution in [1.82, 2.24) is 5.32 Å². The molecule has 0 aliphatic rings. The topological polar surface area (TPSA) is 90.7 Å². The van der Waals surface area contributed by atoms with Gasteiger partial charge in [0.15, 0.2) is 0 Å². The number of alkyl carbamates (subject to hydrolysis) is 1. The Morgan fingerprint density at radius 1 is 1.28 bits per heavy atom. The highest BCUT2D eigenvalue weighted by Gasteiger charge is 2.22. The monoisotopic (exact) mass is 260 g/mol. The average Bonchev–Trinajstić information content (AvgIpc) is 2.12. The first-order chi connectivity index (χ1) is 8.11. The van der Waals surface area contributed by atoms with Crippen LogP contribution >= 0.6 is 0 Å². The number of ether oxygens (including phenoxy) is 2. The van der Waals surface area contributed by atoms with E-state index in [9.17, 15) is 9.59 Å². The van der Waals surface area contributed by atoms with E-state index in [4.69, 9.17) is 15.2 Å². The van der Waals surface area contributed by atoms with Crippen LogP contribution in [0.4, 0.5) is 4.79 Å². The predicted octanol–water partition coefficient (Wildman–Crippen LogP) is 1.18. The van der Waals surface area contributed by atoms with Gasteiger partial charge in [-0.15, -0.1) is 0 Å². The number of carbonyl (C=O) groups excluding carboxylic acids is 2. The maximum absolute atomic E-state index is 11.5. The Bertz CT molecular complexity index is 284. The summed E-state index contributed by atoms with van der Waals surface area (Å²) >= 11 is 0. The molecule has 6 heteroatoms. The molecular weight excluding hydrogens is 236 g/mol. The number of nitrogens with two attached hydrogens (primary N) is 1. The molecule has 0 radical (unpaired) electrons. The fourth-order valence-corrected chi connectivity index (χ4v) is 1.16. The minimum atomic E-state index is -0.779. The van der Waals surface area contributed by atoms with Crippen molar-refractivity contribution < 1.29 is 19.1 Å². The highest BCUT2D eigenvalue weighted by molar-refractivity contribution is 5.84. The molecule has 0 bridgehead atoms. The van der Waals surface area contributed by atoms with Crippen LogP contribution in [-0.4, -0.2) is 36.4 Å². The third-order valence-corrected chi connectivity index (χ3v) is 1.89. The van der Waals surface area contributed by atoms with E-state index >= 15 is 0 Å². The molecule has 0 fully saturated rings. The van der Waals surface area contributed by atoms with Crippen LogP contribution in [0.15, 0.2) is 0 Å². The molecule has 0 saturated carbocycles. The molecule has 106 valence electrons. The van der Waals surface area contributed by atoms with E-state index in [0.717, 1.165) is 0 Å². The molecule has 0 aliphatic carbocycles. The van der Waals surface area contributed by atoms with Crippen LogP contribution in [0, 0.1) is 0 Å². The Balaban J connectivity index is 4.19. The lowest BCUT2D eigenvalue weighted by atomic mass is 10.2. The van der Waals surface area contributed by atoms with Crippen molar-refractivity contribution in [1.29, 1.82) is 0 Å². The lowest BCUT2D eigenvalue weighted by Gasteiger charge is -2.22. The third-order valence-electron chi connectivity index (χ3n) is 1.89. The number of hydrogen-bond donors (Lipinski definition) is 2. The van der Waals surface area contributed by atoms with E-state index in [1.165, 1.54) is 0 Å². The van der Waals surface area contributed by atoms with Crippen LogP contribution in [0.5, 0.6) is 0 Å². The third kappa shape index (κ3) is 8.81. The van der Waals surface area contributed by atoms with E-state index in [1.54, 1.807) is 20.8 Å². The molecule has 0 aromatic heterocycles. The minimum absolute atomic E-state index is 0.0695. The van der Waals surface area contributed by atoms with Crippen LogP contribution in [0.25, 0.3) is 0 Å². The molecule has 0 spiro atoms. The zero-order chi connectivity index (χ0) is 14.3. The number of carbonyl (C=O) groups is 2. The average molecular weight is 260 g/mol. The number of nitrogens with one attached hydrogen (secondary N) is 1. The molecule has 6 nitrogen and oxygen atoms in total. The van der Waals surface area contributed by atoms with Crippen molar-refractivity contribution in [2.45, 2.75) is 58.8 Å². The van der Waals surface area contributed by atoms with Gasteiger partial charge in [0.25, 0.3) is 0 Å². The van der Waals surface area contributed by atoms with Gasteiger partial charge in [-0.1, -0.05) is 0 Å². The van der Waals surface area contributed by atoms with Crippen LogP contribution in [0.3, 0.4) is 0 Å². The number of amides is 2. The largest absolute Gasteiger partial charge is 0.444 e. The van der Waals surface area contributed by atoms with E-state index in [-0.39, 0.29) is 6.10 Å². The van der Waals surface area contributed by atoms with Crippen molar-refractivity contribution in [3.05, 3.63) is 0 Å². The summed E-state index contributed by atoms with van der Waals surface area (Å²) in [6.45, 7) is 9.36. The highest BCUT2D eigenvalue weighted by Crippen LogP contribution is 2.07. The standard InChI is InChI=1S/C12H24N2O4/c1-8(2)17-7-6-9(10(13)15)14-11(16)18-12(3,4)5/h8-9H,6-7H2,1-5H3,(H2,13,15)(H,14,16). The summed E-state index contributed by atoms with van der Waals surface area (Å²) in [7, 11) is 0. The molecule has 1 atom stereocenters. The van der Waals surface area contributed by atoms with Crippen molar-refractivity contribution >= 4 is 12.0 Å². The molecule has 18 heavy (non-hydrogen) atoms. The van der Waals surface area contributed by atoms with Crippen LogP contribution in [-0.2, 0) is 14.3 Å². The van der Waals surface area contributed by atoms with Gasteiger partial charge in [0.2, 0.25) is 5.91 Å². The second-order valence-corrected chi connectivity index (χ2v) is 5.31. The Hall–Kier alpha value is -1.30. The van der Waals surface area contributed by atoms with Gasteiger partial charge in [0, 0.05) is 13.0 Å². The number of rotatable bonds is 6. The van der Waals surface area contributed by atoms with Crippen molar-refractivity contribution in [2.75, 3.05) is 6.61 Å². The summed E-state index contributed by atoms with van der Waals surface area (Å²) in [4.78, 5) is 22.7. The minimum Gasteiger partial charge on any atom is -0.444 e. The summed E-state index contributed by atoms with van der Waals surface area (Å²) < 4.78 is 10.4. The summed E-state index contributed by atoms with van der Waals surface area (Å²) in [5.74, 6) is -0.604. The molecule has 0 saturated heterocycles. The summed E-state index contributed by atoms with van der Waals surface area (Å²) in [5.41, 5.74) is 4.59. The molecule has 3 N–H and O–H groups in total. The first-order valence-electron chi connectivity index (χ1n) is 6.02. The fraction of sp³-hybridized carbons (Fsp3) is 0.833. The van der Waals surface area contributed by atoms with Crippen molar-refractivity contribution in [3.63, 3.8) is 0 Å². The van der Waals surface area contributed by atoms with Crippen LogP contribution in [0.2, 0.25) is 0 Å². The highest BCUT2D eigenvalue weighted by atomic mass is 16.6.